The SMILES string of the molecule is O=C(O)C(Cl)(Cl)Cl.O=C(O)C(Cl)(Cl)Cl.O=C(O)C(Cl)(Cl)Cl.[Pr]. The fourth-order valence-electron chi connectivity index (χ4n) is 0. The van der Waals surface area contributed by atoms with Gasteiger partial charge in [0.2, 0.25) is 0 Å². The maximum atomic E-state index is 9.62. The minimum absolute atomic E-state index is 0. The molecule has 0 unspecified atom stereocenters. The average molecular weight is 631 g/mol. The summed E-state index contributed by atoms with van der Waals surface area (Å²) in [7, 11) is 0. The summed E-state index contributed by atoms with van der Waals surface area (Å²) >= 11 is 43.2. The molecule has 3 N–H and O–H groups in total. The molecule has 0 rings (SSSR count). The number of carboxylic acid groups (broad SMARTS) is 3. The number of halogens is 9. The summed E-state index contributed by atoms with van der Waals surface area (Å²) < 4.78 is -6.50. The van der Waals surface area contributed by atoms with E-state index in [0.717, 1.165) is 0 Å². The number of hydrogen-bond acceptors (Lipinski definition) is 3. The van der Waals surface area contributed by atoms with Crippen LogP contribution in [-0.2, 0) is 14.4 Å². The zero-order chi connectivity index (χ0) is 18.2. The van der Waals surface area contributed by atoms with Gasteiger partial charge in [0.25, 0.3) is 11.4 Å². The Morgan fingerprint density at radius 1 is 0.500 bits per heavy atom. The first-order chi connectivity index (χ1) is 8.83. The summed E-state index contributed by atoms with van der Waals surface area (Å²) in [5.74, 6) is -4.38. The van der Waals surface area contributed by atoms with Crippen LogP contribution in [-0.4, -0.2) is 44.6 Å². The van der Waals surface area contributed by atoms with Crippen molar-refractivity contribution in [3.8, 4) is 0 Å². The van der Waals surface area contributed by atoms with Crippen molar-refractivity contribution in [2.45, 2.75) is 11.4 Å². The Morgan fingerprint density at radius 3 is 0.545 bits per heavy atom. The molecular weight excluding hydrogens is 628 g/mol. The van der Waals surface area contributed by atoms with E-state index >= 15 is 0 Å². The summed E-state index contributed by atoms with van der Waals surface area (Å²) in [6, 6.07) is 0. The minimum Gasteiger partial charge on any atom is -0.478 e. The van der Waals surface area contributed by atoms with Gasteiger partial charge in [-0.15, -0.1) is 0 Å². The number of carbonyl (C=O) groups is 3. The molecule has 0 amide bonds. The zero-order valence-corrected chi connectivity index (χ0v) is 20.1. The predicted octanol–water partition coefficient (Wildman–Crippen LogP) is 4.32. The molecular formula is C6H3Cl9O6Pr. The van der Waals surface area contributed by atoms with E-state index in [2.05, 4.69) is 0 Å². The molecule has 0 aromatic carbocycles. The van der Waals surface area contributed by atoms with Crippen molar-refractivity contribution < 1.29 is 71.0 Å². The summed E-state index contributed by atoms with van der Waals surface area (Å²) in [6.45, 7) is 0. The summed E-state index contributed by atoms with van der Waals surface area (Å²) in [5, 5.41) is 23.6. The molecule has 0 aliphatic carbocycles. The summed E-state index contributed by atoms with van der Waals surface area (Å²) in [5.41, 5.74) is 0. The van der Waals surface area contributed by atoms with Crippen molar-refractivity contribution in [3.05, 3.63) is 0 Å². The predicted molar refractivity (Wildman–Crippen MR) is 83.8 cm³/mol. The minimum atomic E-state index is -2.17. The van der Waals surface area contributed by atoms with Crippen molar-refractivity contribution in [1.82, 2.24) is 0 Å². The van der Waals surface area contributed by atoms with Crippen LogP contribution in [0.2, 0.25) is 0 Å². The second-order valence-electron chi connectivity index (χ2n) is 2.41. The van der Waals surface area contributed by atoms with Gasteiger partial charge in [0.05, 0.1) is 0 Å². The molecule has 1 radical (unpaired) electrons. The second kappa shape index (κ2) is 13.6. The monoisotopic (exact) mass is 627 g/mol. The first-order valence-corrected chi connectivity index (χ1v) is 7.14. The molecule has 0 atom stereocenters. The van der Waals surface area contributed by atoms with Crippen molar-refractivity contribution in [2.75, 3.05) is 0 Å². The molecule has 0 saturated carbocycles. The molecule has 0 saturated heterocycles. The van der Waals surface area contributed by atoms with Crippen LogP contribution >= 0.6 is 104 Å². The van der Waals surface area contributed by atoms with Gasteiger partial charge in [-0.25, -0.2) is 14.4 Å². The second-order valence-corrected chi connectivity index (χ2v) is 9.25. The normalized spacial score (nSPS) is 10.8. The molecule has 0 fully saturated rings. The fraction of sp³-hybridized carbons (Fsp3) is 0.500. The standard InChI is InChI=1S/3C2HCl3O2.Pr/c3*3-2(4,5)1(6)7;/h3*(H,6,7);. The van der Waals surface area contributed by atoms with Crippen LogP contribution in [0.15, 0.2) is 0 Å². The van der Waals surface area contributed by atoms with Gasteiger partial charge in [-0.3, -0.25) is 0 Å². The van der Waals surface area contributed by atoms with Gasteiger partial charge in [0, 0.05) is 41.3 Å². The van der Waals surface area contributed by atoms with Crippen LogP contribution in [0.3, 0.4) is 0 Å². The molecule has 0 aromatic heterocycles. The fourth-order valence-corrected chi connectivity index (χ4v) is 0. The van der Waals surface area contributed by atoms with E-state index in [4.69, 9.17) is 120 Å². The van der Waals surface area contributed by atoms with E-state index in [9.17, 15) is 14.4 Å². The number of carboxylic acids is 3. The Hall–Kier alpha value is 2.38. The molecule has 22 heavy (non-hydrogen) atoms. The van der Waals surface area contributed by atoms with Crippen molar-refractivity contribution in [1.29, 1.82) is 0 Å². The van der Waals surface area contributed by atoms with Crippen molar-refractivity contribution >= 4 is 122 Å². The largest absolute Gasteiger partial charge is 0.478 e. The smallest absolute Gasteiger partial charge is 0.356 e. The quantitative estimate of drug-likeness (QED) is 0.344. The van der Waals surface area contributed by atoms with Crippen molar-refractivity contribution in [2.24, 2.45) is 0 Å². The average Bonchev–Trinajstić information content (AvgIpc) is 2.14. The van der Waals surface area contributed by atoms with E-state index in [1.54, 1.807) is 0 Å². The topological polar surface area (TPSA) is 112 Å². The summed E-state index contributed by atoms with van der Waals surface area (Å²) in [6.07, 6.45) is 0. The van der Waals surface area contributed by atoms with Crippen LogP contribution < -0.4 is 0 Å². The molecule has 0 bridgehead atoms. The Morgan fingerprint density at radius 2 is 0.545 bits per heavy atom. The van der Waals surface area contributed by atoms with Gasteiger partial charge in [-0.05, 0) is 0 Å². The van der Waals surface area contributed by atoms with Gasteiger partial charge in [-0.2, -0.15) is 0 Å². The van der Waals surface area contributed by atoms with Crippen LogP contribution in [0.4, 0.5) is 0 Å². The number of rotatable bonds is 0. The Kier molecular flexibility index (Phi) is 19.8. The Labute approximate surface area is 202 Å². The molecule has 0 aliphatic rings. The maximum absolute atomic E-state index is 9.62. The van der Waals surface area contributed by atoms with Gasteiger partial charge < -0.3 is 15.3 Å². The zero-order valence-electron chi connectivity index (χ0n) is 9.55. The van der Waals surface area contributed by atoms with Gasteiger partial charge in [-0.1, -0.05) is 104 Å². The van der Waals surface area contributed by atoms with E-state index in [0.29, 0.717) is 0 Å². The molecule has 129 valence electrons. The van der Waals surface area contributed by atoms with E-state index in [-0.39, 0.29) is 41.3 Å². The van der Waals surface area contributed by atoms with Crippen LogP contribution in [0, 0.1) is 41.3 Å². The number of aliphatic carboxylic acids is 3. The first-order valence-electron chi connectivity index (χ1n) is 3.73. The Balaban J connectivity index is -0.000000108. The molecule has 0 heterocycles. The summed E-state index contributed by atoms with van der Waals surface area (Å²) in [4.78, 5) is 28.9. The number of alkyl halides is 9. The van der Waals surface area contributed by atoms with E-state index < -0.39 is 29.3 Å². The van der Waals surface area contributed by atoms with E-state index in [1.807, 2.05) is 0 Å². The van der Waals surface area contributed by atoms with Gasteiger partial charge >= 0.3 is 17.9 Å². The van der Waals surface area contributed by atoms with Crippen molar-refractivity contribution in [3.63, 3.8) is 0 Å². The van der Waals surface area contributed by atoms with E-state index in [1.165, 1.54) is 0 Å². The number of hydrogen-bond donors (Lipinski definition) is 3. The van der Waals surface area contributed by atoms with Crippen LogP contribution in [0.5, 0.6) is 0 Å². The molecule has 0 spiro atoms. The first kappa shape index (κ1) is 32.1. The van der Waals surface area contributed by atoms with Crippen LogP contribution in [0.1, 0.15) is 0 Å². The van der Waals surface area contributed by atoms with Crippen LogP contribution in [0.25, 0.3) is 0 Å². The van der Waals surface area contributed by atoms with Gasteiger partial charge in [0.1, 0.15) is 0 Å². The third-order valence-corrected chi connectivity index (χ3v) is 2.18. The molecule has 0 aliphatic heterocycles. The third-order valence-electron chi connectivity index (χ3n) is 0.728. The third kappa shape index (κ3) is 24.6. The van der Waals surface area contributed by atoms with Gasteiger partial charge in [0.15, 0.2) is 0 Å². The molecule has 16 heteroatoms. The molecule has 0 aromatic rings. The Bertz CT molecular complexity index is 313. The maximum Gasteiger partial charge on any atom is 0.356 e. The molecule has 6 nitrogen and oxygen atoms in total.